The summed E-state index contributed by atoms with van der Waals surface area (Å²) in [5.41, 5.74) is 0.103. The highest BCUT2D eigenvalue weighted by atomic mass is 31.2. The van der Waals surface area contributed by atoms with Crippen LogP contribution < -0.4 is 5.32 Å². The Kier molecular flexibility index (Phi) is 8.67. The van der Waals surface area contributed by atoms with Gasteiger partial charge in [-0.2, -0.15) is 0 Å². The minimum Gasteiger partial charge on any atom is -0.450 e. The fourth-order valence-corrected chi connectivity index (χ4v) is 3.88. The summed E-state index contributed by atoms with van der Waals surface area (Å²) >= 11 is 0. The molecule has 1 aromatic carbocycles. The number of amides is 1. The number of ether oxygens (including phenoxy) is 1. The van der Waals surface area contributed by atoms with Crippen molar-refractivity contribution >= 4 is 19.4 Å². The van der Waals surface area contributed by atoms with Crippen LogP contribution in [-0.2, 0) is 18.3 Å². The average molecular weight is 390 g/mol. The molecule has 1 rings (SSSR count). The summed E-state index contributed by atoms with van der Waals surface area (Å²) in [6.45, 7) is 4.88. The van der Waals surface area contributed by atoms with Gasteiger partial charge in [0.05, 0.1) is 30.8 Å². The Labute approximate surface area is 151 Å². The Hall–Kier alpha value is -2.00. The van der Waals surface area contributed by atoms with Gasteiger partial charge in [0.2, 0.25) is 0 Å². The molecular formula is C15H23N2O8P. The lowest BCUT2D eigenvalue weighted by Crippen LogP contribution is -2.37. The molecule has 10 nitrogen and oxygen atoms in total. The van der Waals surface area contributed by atoms with Crippen molar-refractivity contribution in [3.8, 4) is 0 Å². The maximum absolute atomic E-state index is 12.8. The zero-order valence-corrected chi connectivity index (χ0v) is 15.7. The molecule has 0 heterocycles. The van der Waals surface area contributed by atoms with Crippen LogP contribution in [0, 0.1) is 10.1 Å². The van der Waals surface area contributed by atoms with Crippen LogP contribution in [0.3, 0.4) is 0 Å². The smallest absolute Gasteiger partial charge is 0.407 e. The molecule has 0 saturated heterocycles. The van der Waals surface area contributed by atoms with Crippen molar-refractivity contribution in [1.29, 1.82) is 0 Å². The molecule has 0 radical (unpaired) electrons. The van der Waals surface area contributed by atoms with Gasteiger partial charge in [-0.1, -0.05) is 12.1 Å². The number of hydrogen-bond acceptors (Lipinski definition) is 8. The molecule has 0 unspecified atom stereocenters. The predicted octanol–water partition coefficient (Wildman–Crippen LogP) is 2.97. The van der Waals surface area contributed by atoms with Gasteiger partial charge in [0, 0.05) is 12.1 Å². The van der Waals surface area contributed by atoms with Gasteiger partial charge in [-0.25, -0.2) is 4.79 Å². The van der Waals surface area contributed by atoms with Crippen molar-refractivity contribution in [2.75, 3.05) is 19.8 Å². The first-order valence-electron chi connectivity index (χ1n) is 8.03. The van der Waals surface area contributed by atoms with Gasteiger partial charge in [0.15, 0.2) is 5.85 Å². The van der Waals surface area contributed by atoms with Crippen molar-refractivity contribution in [3.05, 3.63) is 39.9 Å². The van der Waals surface area contributed by atoms with Crippen LogP contribution in [-0.4, -0.2) is 41.8 Å². The van der Waals surface area contributed by atoms with Gasteiger partial charge in [-0.3, -0.25) is 14.7 Å². The number of aliphatic hydroxyl groups is 1. The maximum atomic E-state index is 12.8. The summed E-state index contributed by atoms with van der Waals surface area (Å²) in [6, 6.07) is 3.85. The largest absolute Gasteiger partial charge is 0.450 e. The highest BCUT2D eigenvalue weighted by Gasteiger charge is 2.41. The molecule has 0 aromatic heterocycles. The van der Waals surface area contributed by atoms with Crippen LogP contribution >= 0.6 is 7.60 Å². The van der Waals surface area contributed by atoms with Gasteiger partial charge in [0.1, 0.15) is 0 Å². The number of carbonyl (C=O) groups is 1. The first-order chi connectivity index (χ1) is 12.3. The molecule has 11 heteroatoms. The molecule has 0 aliphatic rings. The van der Waals surface area contributed by atoms with Crippen LogP contribution in [0.2, 0.25) is 0 Å². The van der Waals surface area contributed by atoms with Crippen molar-refractivity contribution < 1.29 is 33.2 Å². The van der Waals surface area contributed by atoms with Gasteiger partial charge in [0.25, 0.3) is 5.69 Å². The molecule has 1 aromatic rings. The Morgan fingerprint density at radius 2 is 1.73 bits per heavy atom. The van der Waals surface area contributed by atoms with Gasteiger partial charge >= 0.3 is 13.7 Å². The molecule has 146 valence electrons. The molecule has 0 fully saturated rings. The number of aliphatic hydroxyl groups excluding tert-OH is 1. The van der Waals surface area contributed by atoms with E-state index in [1.165, 1.54) is 24.3 Å². The number of hydrogen-bond donors (Lipinski definition) is 2. The summed E-state index contributed by atoms with van der Waals surface area (Å²) in [5.74, 6) is -1.74. The average Bonchev–Trinajstić information content (AvgIpc) is 2.60. The van der Waals surface area contributed by atoms with E-state index >= 15 is 0 Å². The first-order valence-corrected chi connectivity index (χ1v) is 9.64. The summed E-state index contributed by atoms with van der Waals surface area (Å²) in [6.07, 6.45) is -0.852. The predicted molar refractivity (Wildman–Crippen MR) is 92.9 cm³/mol. The number of alkyl carbamates (subject to hydrolysis) is 1. The quantitative estimate of drug-likeness (QED) is 0.353. The molecule has 1 amide bonds. The van der Waals surface area contributed by atoms with Crippen molar-refractivity contribution in [1.82, 2.24) is 5.32 Å². The number of nitro groups is 1. The number of non-ortho nitro benzene ring substituents is 1. The lowest BCUT2D eigenvalue weighted by molar-refractivity contribution is -0.384. The topological polar surface area (TPSA) is 137 Å². The molecule has 0 saturated carbocycles. The Bertz CT molecular complexity index is 642. The molecular weight excluding hydrogens is 367 g/mol. The number of rotatable bonds is 10. The minimum atomic E-state index is -3.99. The maximum Gasteiger partial charge on any atom is 0.407 e. The monoisotopic (exact) mass is 390 g/mol. The van der Waals surface area contributed by atoms with Crippen molar-refractivity contribution in [2.24, 2.45) is 0 Å². The summed E-state index contributed by atoms with van der Waals surface area (Å²) in [4.78, 5) is 22.0. The molecule has 2 atom stereocenters. The standard InChI is InChI=1S/C15H23N2O8P/c1-4-23-15(19)16-13(11-7-9-12(10-8-11)17(20)21)14(18)26(22,24-5-2)25-6-3/h7-10,13-14,18H,4-6H2,1-3H3,(H,16,19)/t13-,14-/m1/s1. The lowest BCUT2D eigenvalue weighted by Gasteiger charge is -2.29. The number of carbonyl (C=O) groups excluding carboxylic acids is 1. The van der Waals surface area contributed by atoms with E-state index in [-0.39, 0.29) is 31.1 Å². The van der Waals surface area contributed by atoms with Crippen molar-refractivity contribution in [3.63, 3.8) is 0 Å². The van der Waals surface area contributed by atoms with E-state index in [0.29, 0.717) is 0 Å². The fourth-order valence-electron chi connectivity index (χ4n) is 2.17. The van der Waals surface area contributed by atoms with Gasteiger partial charge < -0.3 is 24.2 Å². The summed E-state index contributed by atoms with van der Waals surface area (Å²) < 4.78 is 27.9. The van der Waals surface area contributed by atoms with E-state index in [4.69, 9.17) is 13.8 Å². The summed E-state index contributed by atoms with van der Waals surface area (Å²) in [7, 11) is -3.99. The zero-order chi connectivity index (χ0) is 19.7. The van der Waals surface area contributed by atoms with E-state index in [2.05, 4.69) is 5.32 Å². The molecule has 0 bridgehead atoms. The fraction of sp³-hybridized carbons (Fsp3) is 0.533. The first kappa shape index (κ1) is 22.0. The number of nitrogens with zero attached hydrogens (tertiary/aromatic N) is 1. The van der Waals surface area contributed by atoms with Gasteiger partial charge in [-0.05, 0) is 26.3 Å². The number of benzene rings is 1. The lowest BCUT2D eigenvalue weighted by atomic mass is 10.1. The molecule has 0 aliphatic carbocycles. The van der Waals surface area contributed by atoms with Crippen LogP contribution in [0.25, 0.3) is 0 Å². The number of nitro benzene ring substituents is 1. The SMILES string of the molecule is CCOC(=O)N[C@H](c1ccc([N+](=O)[O-])cc1)[C@H](O)P(=O)(OCC)OCC. The third-order valence-corrected chi connectivity index (χ3v) is 5.43. The second-order valence-corrected chi connectivity index (χ2v) is 7.11. The normalized spacial score (nSPS) is 13.7. The van der Waals surface area contributed by atoms with Crippen LogP contribution in [0.4, 0.5) is 10.5 Å². The number of nitrogens with one attached hydrogen (secondary N) is 1. The highest BCUT2D eigenvalue weighted by molar-refractivity contribution is 7.54. The molecule has 26 heavy (non-hydrogen) atoms. The Morgan fingerprint density at radius 1 is 1.19 bits per heavy atom. The van der Waals surface area contributed by atoms with Crippen LogP contribution in [0.5, 0.6) is 0 Å². The van der Waals surface area contributed by atoms with E-state index < -0.39 is 30.5 Å². The molecule has 0 aliphatic heterocycles. The van der Waals surface area contributed by atoms with E-state index in [0.717, 1.165) is 0 Å². The van der Waals surface area contributed by atoms with Crippen LogP contribution in [0.15, 0.2) is 24.3 Å². The second kappa shape index (κ2) is 10.2. The van der Waals surface area contributed by atoms with Crippen LogP contribution in [0.1, 0.15) is 32.4 Å². The van der Waals surface area contributed by atoms with E-state index in [1.54, 1.807) is 20.8 Å². The molecule has 0 spiro atoms. The Balaban J connectivity index is 3.23. The molecule has 2 N–H and O–H groups in total. The Morgan fingerprint density at radius 3 is 2.15 bits per heavy atom. The highest BCUT2D eigenvalue weighted by Crippen LogP contribution is 2.55. The van der Waals surface area contributed by atoms with Crippen molar-refractivity contribution in [2.45, 2.75) is 32.7 Å². The summed E-state index contributed by atoms with van der Waals surface area (Å²) in [5, 5.41) is 23.8. The zero-order valence-electron chi connectivity index (χ0n) is 14.8. The van der Waals surface area contributed by atoms with Gasteiger partial charge in [-0.15, -0.1) is 0 Å². The van der Waals surface area contributed by atoms with E-state index in [1.807, 2.05) is 0 Å². The minimum absolute atomic E-state index is 0.0146. The third kappa shape index (κ3) is 5.77. The second-order valence-electron chi connectivity index (χ2n) is 4.98. The van der Waals surface area contributed by atoms with E-state index in [9.17, 15) is 24.6 Å². The third-order valence-electron chi connectivity index (χ3n) is 3.25.